The molecule has 3 unspecified atom stereocenters. The van der Waals surface area contributed by atoms with Crippen LogP contribution in [0.1, 0.15) is 41.0 Å². The molecule has 0 aliphatic heterocycles. The summed E-state index contributed by atoms with van der Waals surface area (Å²) in [7, 11) is 0. The molecule has 1 aromatic carbocycles. The standard InChI is InChI=1S/C20H30N2O4/c1-15(2)25-18-10-7-11-19(13-18)26-22(24)17-9-6-8-16(12-17)14-21(23)20(3,4)5/h6-11,13,15,17,21-22H,12,14H2,1-5H3. The number of nitrogens with one attached hydrogen (secondary N) is 2. The fraction of sp³-hybridized carbons (Fsp3) is 0.500. The van der Waals surface area contributed by atoms with E-state index in [1.807, 2.05) is 58.9 Å². The van der Waals surface area contributed by atoms with E-state index in [-0.39, 0.29) is 28.0 Å². The molecule has 0 heterocycles. The number of hydroxylamine groups is 4. The van der Waals surface area contributed by atoms with Crippen molar-refractivity contribution >= 4 is 0 Å². The van der Waals surface area contributed by atoms with Gasteiger partial charge in [-0.2, -0.15) is 5.23 Å². The highest BCUT2D eigenvalue weighted by Gasteiger charge is 2.24. The average Bonchev–Trinajstić information content (AvgIpc) is 2.54. The minimum Gasteiger partial charge on any atom is -0.634 e. The first kappa shape index (κ1) is 20.5. The molecule has 1 aliphatic rings. The van der Waals surface area contributed by atoms with Gasteiger partial charge in [-0.15, -0.1) is 0 Å². The fourth-order valence-corrected chi connectivity index (χ4v) is 2.58. The third-order valence-corrected chi connectivity index (χ3v) is 4.08. The SMILES string of the molecule is CC(C)Oc1cccc(O[NH+]([O-])C2C=CC=C(C[NH+]([O-])C(C)(C)C)C2)c1. The van der Waals surface area contributed by atoms with Crippen LogP contribution in [0.15, 0.2) is 48.1 Å². The van der Waals surface area contributed by atoms with E-state index in [0.717, 1.165) is 5.57 Å². The van der Waals surface area contributed by atoms with Crippen molar-refractivity contribution in [3.05, 3.63) is 58.5 Å². The second kappa shape index (κ2) is 8.68. The molecule has 6 heteroatoms. The van der Waals surface area contributed by atoms with Crippen molar-refractivity contribution in [3.8, 4) is 11.5 Å². The van der Waals surface area contributed by atoms with E-state index >= 15 is 0 Å². The zero-order valence-corrected chi connectivity index (χ0v) is 16.2. The van der Waals surface area contributed by atoms with Gasteiger partial charge in [-0.05, 0) is 58.4 Å². The van der Waals surface area contributed by atoms with Crippen molar-refractivity contribution in [2.24, 2.45) is 0 Å². The summed E-state index contributed by atoms with van der Waals surface area (Å²) in [4.78, 5) is 5.51. The lowest BCUT2D eigenvalue weighted by molar-refractivity contribution is -1.04. The molecule has 26 heavy (non-hydrogen) atoms. The van der Waals surface area contributed by atoms with Crippen LogP contribution in [-0.4, -0.2) is 24.2 Å². The van der Waals surface area contributed by atoms with Gasteiger partial charge in [0, 0.05) is 12.5 Å². The summed E-state index contributed by atoms with van der Waals surface area (Å²) in [5, 5.41) is 24.6. The molecule has 144 valence electrons. The Morgan fingerprint density at radius 3 is 2.54 bits per heavy atom. The highest BCUT2D eigenvalue weighted by Crippen LogP contribution is 2.19. The van der Waals surface area contributed by atoms with Crippen LogP contribution >= 0.6 is 0 Å². The van der Waals surface area contributed by atoms with Crippen molar-refractivity contribution in [1.29, 1.82) is 0 Å². The number of hydrogen-bond donors (Lipinski definition) is 2. The second-order valence-corrected chi connectivity index (χ2v) is 7.93. The van der Waals surface area contributed by atoms with Crippen molar-refractivity contribution < 1.29 is 19.9 Å². The molecular weight excluding hydrogens is 332 g/mol. The largest absolute Gasteiger partial charge is 0.634 e. The molecule has 2 N–H and O–H groups in total. The maximum absolute atomic E-state index is 12.5. The van der Waals surface area contributed by atoms with Crippen LogP contribution in [0, 0.1) is 10.4 Å². The van der Waals surface area contributed by atoms with Gasteiger partial charge in [0.1, 0.15) is 11.8 Å². The number of benzene rings is 1. The maximum Gasteiger partial charge on any atom is 0.194 e. The number of hydrogen-bond acceptors (Lipinski definition) is 4. The summed E-state index contributed by atoms with van der Waals surface area (Å²) in [6.45, 7) is 9.98. The van der Waals surface area contributed by atoms with Crippen LogP contribution in [0.3, 0.4) is 0 Å². The zero-order valence-electron chi connectivity index (χ0n) is 16.2. The number of quaternary nitrogens is 2. The molecule has 0 fully saturated rings. The topological polar surface area (TPSA) is 73.5 Å². The van der Waals surface area contributed by atoms with E-state index in [2.05, 4.69) is 0 Å². The van der Waals surface area contributed by atoms with Gasteiger partial charge in [0.05, 0.1) is 18.2 Å². The fourth-order valence-electron chi connectivity index (χ4n) is 2.58. The molecule has 3 atom stereocenters. The Morgan fingerprint density at radius 2 is 1.88 bits per heavy atom. The quantitative estimate of drug-likeness (QED) is 0.723. The minimum absolute atomic E-state index is 0.0512. The second-order valence-electron chi connectivity index (χ2n) is 7.93. The van der Waals surface area contributed by atoms with Crippen molar-refractivity contribution in [2.75, 3.05) is 6.54 Å². The molecular formula is C20H30N2O4. The molecule has 6 nitrogen and oxygen atoms in total. The number of ether oxygens (including phenoxy) is 1. The summed E-state index contributed by atoms with van der Waals surface area (Å²) in [6, 6.07) is 6.70. The van der Waals surface area contributed by atoms with Gasteiger partial charge in [-0.25, -0.2) is 0 Å². The number of rotatable bonds is 7. The Bertz CT molecular complexity index is 649. The van der Waals surface area contributed by atoms with Gasteiger partial charge in [0.25, 0.3) is 0 Å². The first-order valence-electron chi connectivity index (χ1n) is 9.03. The summed E-state index contributed by atoms with van der Waals surface area (Å²) >= 11 is 0. The molecule has 1 aromatic rings. The predicted octanol–water partition coefficient (Wildman–Crippen LogP) is 1.59. The molecule has 0 spiro atoms. The first-order valence-corrected chi connectivity index (χ1v) is 9.03. The first-order chi connectivity index (χ1) is 12.1. The lowest BCUT2D eigenvalue weighted by Crippen LogP contribution is -3.15. The lowest BCUT2D eigenvalue weighted by atomic mass is 9.99. The van der Waals surface area contributed by atoms with Crippen LogP contribution in [0.5, 0.6) is 11.5 Å². The van der Waals surface area contributed by atoms with Crippen LogP contribution in [0.4, 0.5) is 0 Å². The van der Waals surface area contributed by atoms with E-state index in [9.17, 15) is 10.4 Å². The Kier molecular flexibility index (Phi) is 6.83. The lowest BCUT2D eigenvalue weighted by Gasteiger charge is -2.37. The van der Waals surface area contributed by atoms with Crippen molar-refractivity contribution in [3.63, 3.8) is 0 Å². The molecule has 0 bridgehead atoms. The molecule has 0 radical (unpaired) electrons. The Labute approximate surface area is 155 Å². The molecule has 2 rings (SSSR count). The van der Waals surface area contributed by atoms with E-state index in [4.69, 9.17) is 9.57 Å². The van der Waals surface area contributed by atoms with Crippen molar-refractivity contribution in [1.82, 2.24) is 0 Å². The molecule has 0 aromatic heterocycles. The van der Waals surface area contributed by atoms with Crippen molar-refractivity contribution in [2.45, 2.75) is 58.7 Å². The Hall–Kier alpha value is -1.86. The predicted molar refractivity (Wildman–Crippen MR) is 102 cm³/mol. The third-order valence-electron chi connectivity index (χ3n) is 4.08. The number of allylic oxidation sites excluding steroid dienone is 2. The van der Waals surface area contributed by atoms with Gasteiger partial charge in [0.2, 0.25) is 0 Å². The van der Waals surface area contributed by atoms with Crippen LogP contribution < -0.4 is 19.9 Å². The monoisotopic (exact) mass is 362 g/mol. The molecule has 0 saturated carbocycles. The average molecular weight is 362 g/mol. The Morgan fingerprint density at radius 1 is 1.19 bits per heavy atom. The van der Waals surface area contributed by atoms with Gasteiger partial charge < -0.3 is 25.1 Å². The van der Waals surface area contributed by atoms with Gasteiger partial charge in [-0.3, -0.25) is 0 Å². The van der Waals surface area contributed by atoms with E-state index in [0.29, 0.717) is 24.5 Å². The summed E-state index contributed by atoms with van der Waals surface area (Å²) < 4.78 is 5.62. The van der Waals surface area contributed by atoms with Gasteiger partial charge >= 0.3 is 0 Å². The van der Waals surface area contributed by atoms with Gasteiger partial charge in [-0.1, -0.05) is 18.2 Å². The summed E-state index contributed by atoms with van der Waals surface area (Å²) in [5.74, 6) is 1.13. The Balaban J connectivity index is 1.95. The minimum atomic E-state index is -0.380. The zero-order chi connectivity index (χ0) is 19.3. The smallest absolute Gasteiger partial charge is 0.194 e. The summed E-state index contributed by atoms with van der Waals surface area (Å²) in [5.41, 5.74) is 0.584. The maximum atomic E-state index is 12.5. The summed E-state index contributed by atoms with van der Waals surface area (Å²) in [6.07, 6.45) is 6.14. The molecule has 0 saturated heterocycles. The van der Waals surface area contributed by atoms with Crippen LogP contribution in [0.25, 0.3) is 0 Å². The normalized spacial score (nSPS) is 19.8. The van der Waals surface area contributed by atoms with E-state index < -0.39 is 0 Å². The van der Waals surface area contributed by atoms with E-state index in [1.54, 1.807) is 18.2 Å². The third kappa shape index (κ3) is 6.14. The highest BCUT2D eigenvalue weighted by atomic mass is 16.9. The van der Waals surface area contributed by atoms with Gasteiger partial charge in [0.15, 0.2) is 5.75 Å². The van der Waals surface area contributed by atoms with E-state index in [1.165, 1.54) is 0 Å². The van der Waals surface area contributed by atoms with Crippen LogP contribution in [-0.2, 0) is 0 Å². The molecule has 1 aliphatic carbocycles. The van der Waals surface area contributed by atoms with Crippen LogP contribution in [0.2, 0.25) is 0 Å². The highest BCUT2D eigenvalue weighted by molar-refractivity contribution is 5.32. The molecule has 0 amide bonds.